The zero-order valence-corrected chi connectivity index (χ0v) is 19.7. The largest absolute Gasteiger partial charge is 0.456 e. The molecule has 0 bridgehead atoms. The van der Waals surface area contributed by atoms with Crippen LogP contribution < -0.4 is 0 Å². The van der Waals surface area contributed by atoms with Crippen molar-refractivity contribution in [2.75, 3.05) is 0 Å². The number of rotatable bonds is 10. The summed E-state index contributed by atoms with van der Waals surface area (Å²) < 4.78 is 6.27. The van der Waals surface area contributed by atoms with E-state index in [4.69, 9.17) is 4.42 Å². The molecule has 0 amide bonds. The number of benzene rings is 4. The second-order valence-electron chi connectivity index (χ2n) is 9.54. The smallest absolute Gasteiger partial charge is 0.136 e. The zero-order valence-electron chi connectivity index (χ0n) is 19.7. The number of hydrogen-bond acceptors (Lipinski definition) is 2. The molecule has 0 aliphatic rings. The molecule has 0 aliphatic heterocycles. The monoisotopic (exact) mass is 438 g/mol. The van der Waals surface area contributed by atoms with Gasteiger partial charge < -0.3 is 9.52 Å². The molecule has 2 heteroatoms. The lowest BCUT2D eigenvalue weighted by atomic mass is 9.99. The Morgan fingerprint density at radius 1 is 0.576 bits per heavy atom. The van der Waals surface area contributed by atoms with Crippen molar-refractivity contribution in [3.63, 3.8) is 0 Å². The Balaban J connectivity index is 1.35. The Labute approximate surface area is 196 Å². The van der Waals surface area contributed by atoms with Crippen LogP contribution in [0.4, 0.5) is 0 Å². The first kappa shape index (κ1) is 22.0. The van der Waals surface area contributed by atoms with Crippen LogP contribution in [0.1, 0.15) is 69.4 Å². The van der Waals surface area contributed by atoms with E-state index < -0.39 is 0 Å². The van der Waals surface area contributed by atoms with Crippen molar-refractivity contribution < 1.29 is 9.52 Å². The van der Waals surface area contributed by atoms with E-state index in [1.165, 1.54) is 78.5 Å². The van der Waals surface area contributed by atoms with Gasteiger partial charge in [0.2, 0.25) is 0 Å². The number of unbranched alkanes of at least 4 members (excludes halogenated alkanes) is 7. The molecule has 0 saturated heterocycles. The summed E-state index contributed by atoms with van der Waals surface area (Å²) in [7, 11) is 0. The Kier molecular flexibility index (Phi) is 6.64. The van der Waals surface area contributed by atoms with Crippen LogP contribution in [0.3, 0.4) is 0 Å². The minimum atomic E-state index is 0.0563. The molecular weight excluding hydrogens is 404 g/mol. The first-order valence-corrected chi connectivity index (χ1v) is 12.7. The summed E-state index contributed by atoms with van der Waals surface area (Å²) in [6.45, 7) is 2.33. The normalized spacial score (nSPS) is 11.9. The van der Waals surface area contributed by atoms with Crippen molar-refractivity contribution in [2.24, 2.45) is 0 Å². The summed E-state index contributed by atoms with van der Waals surface area (Å²) in [4.78, 5) is 0. The molecule has 1 N–H and O–H groups in total. The Hall–Kier alpha value is -2.84. The van der Waals surface area contributed by atoms with E-state index in [1.807, 2.05) is 12.1 Å². The van der Waals surface area contributed by atoms with E-state index in [9.17, 15) is 5.11 Å². The molecule has 0 saturated carbocycles. The van der Waals surface area contributed by atoms with Gasteiger partial charge in [-0.1, -0.05) is 82.2 Å². The number of fused-ring (bicyclic) bond motifs is 5. The Bertz CT molecular complexity index is 1390. The van der Waals surface area contributed by atoms with E-state index in [2.05, 4.69) is 55.5 Å². The lowest BCUT2D eigenvalue weighted by Gasteiger charge is -2.05. The van der Waals surface area contributed by atoms with Crippen molar-refractivity contribution in [3.8, 4) is 0 Å². The Morgan fingerprint density at radius 2 is 1.12 bits per heavy atom. The molecule has 170 valence electrons. The van der Waals surface area contributed by atoms with Crippen LogP contribution in [0.15, 0.2) is 65.1 Å². The molecule has 0 unspecified atom stereocenters. The standard InChI is InChI=1S/C31H34O2/c1-2-3-4-5-6-7-8-9-10-22-11-13-24-17-28-29-18-25-14-12-23(21-32)16-27(25)20-31(29)33-30(28)19-26(24)15-22/h11-20,32H,2-10,21H2,1H3. The maximum atomic E-state index is 9.45. The van der Waals surface area contributed by atoms with Crippen LogP contribution in [-0.4, -0.2) is 5.11 Å². The highest BCUT2D eigenvalue weighted by molar-refractivity contribution is 6.13. The summed E-state index contributed by atoms with van der Waals surface area (Å²) in [5.41, 5.74) is 4.19. The SMILES string of the molecule is CCCCCCCCCCc1ccc2cc3c(cc2c1)oc1cc2cc(CO)ccc2cc13. The lowest BCUT2D eigenvalue weighted by Crippen LogP contribution is -1.87. The minimum absolute atomic E-state index is 0.0563. The van der Waals surface area contributed by atoms with Crippen molar-refractivity contribution in [2.45, 2.75) is 71.3 Å². The molecule has 2 nitrogen and oxygen atoms in total. The third kappa shape index (κ3) is 4.77. The molecule has 0 spiro atoms. The molecule has 0 radical (unpaired) electrons. The third-order valence-corrected chi connectivity index (χ3v) is 7.02. The maximum absolute atomic E-state index is 9.45. The number of aliphatic hydroxyl groups is 1. The number of aliphatic hydroxyl groups excluding tert-OH is 1. The Morgan fingerprint density at radius 3 is 1.73 bits per heavy atom. The summed E-state index contributed by atoms with van der Waals surface area (Å²) in [6, 6.07) is 21.8. The van der Waals surface area contributed by atoms with Gasteiger partial charge in [-0.25, -0.2) is 0 Å². The van der Waals surface area contributed by atoms with Gasteiger partial charge in [0.25, 0.3) is 0 Å². The highest BCUT2D eigenvalue weighted by Gasteiger charge is 2.11. The quantitative estimate of drug-likeness (QED) is 0.221. The first-order valence-electron chi connectivity index (χ1n) is 12.7. The summed E-state index contributed by atoms with van der Waals surface area (Å²) >= 11 is 0. The molecule has 0 atom stereocenters. The molecule has 33 heavy (non-hydrogen) atoms. The van der Waals surface area contributed by atoms with E-state index in [0.717, 1.165) is 33.9 Å². The molecule has 0 aliphatic carbocycles. The molecule has 4 aromatic carbocycles. The second kappa shape index (κ2) is 9.97. The van der Waals surface area contributed by atoms with Crippen LogP contribution >= 0.6 is 0 Å². The van der Waals surface area contributed by atoms with E-state index in [-0.39, 0.29) is 6.61 Å². The highest BCUT2D eigenvalue weighted by atomic mass is 16.3. The second-order valence-corrected chi connectivity index (χ2v) is 9.54. The van der Waals surface area contributed by atoms with Gasteiger partial charge in [0.1, 0.15) is 11.2 Å². The molecule has 5 rings (SSSR count). The van der Waals surface area contributed by atoms with Crippen LogP contribution in [0.25, 0.3) is 43.5 Å². The predicted molar refractivity (Wildman–Crippen MR) is 141 cm³/mol. The van der Waals surface area contributed by atoms with Gasteiger partial charge in [-0.3, -0.25) is 0 Å². The fraction of sp³-hybridized carbons (Fsp3) is 0.355. The summed E-state index contributed by atoms with van der Waals surface area (Å²) in [5.74, 6) is 0. The van der Waals surface area contributed by atoms with Crippen LogP contribution in [0.5, 0.6) is 0 Å². The fourth-order valence-corrected chi connectivity index (χ4v) is 5.08. The van der Waals surface area contributed by atoms with Crippen molar-refractivity contribution in [1.82, 2.24) is 0 Å². The molecular formula is C31H34O2. The van der Waals surface area contributed by atoms with Crippen molar-refractivity contribution >= 4 is 43.5 Å². The van der Waals surface area contributed by atoms with Gasteiger partial charge in [0, 0.05) is 10.8 Å². The summed E-state index contributed by atoms with van der Waals surface area (Å²) in [6.07, 6.45) is 12.0. The van der Waals surface area contributed by atoms with Gasteiger partial charge in [-0.05, 0) is 75.8 Å². The van der Waals surface area contributed by atoms with E-state index in [1.54, 1.807) is 0 Å². The number of hydrogen-bond donors (Lipinski definition) is 1. The number of aryl methyl sites for hydroxylation is 1. The lowest BCUT2D eigenvalue weighted by molar-refractivity contribution is 0.282. The molecule has 0 fully saturated rings. The molecule has 5 aromatic rings. The van der Waals surface area contributed by atoms with Crippen molar-refractivity contribution in [3.05, 3.63) is 71.8 Å². The van der Waals surface area contributed by atoms with Crippen LogP contribution in [-0.2, 0) is 13.0 Å². The predicted octanol–water partition coefficient (Wildman–Crippen LogP) is 9.07. The average molecular weight is 439 g/mol. The third-order valence-electron chi connectivity index (χ3n) is 7.02. The van der Waals surface area contributed by atoms with E-state index in [0.29, 0.717) is 0 Å². The van der Waals surface area contributed by atoms with Crippen molar-refractivity contribution in [1.29, 1.82) is 0 Å². The minimum Gasteiger partial charge on any atom is -0.456 e. The van der Waals surface area contributed by atoms with Gasteiger partial charge in [-0.2, -0.15) is 0 Å². The highest BCUT2D eigenvalue weighted by Crippen LogP contribution is 2.35. The number of furan rings is 1. The fourth-order valence-electron chi connectivity index (χ4n) is 5.08. The average Bonchev–Trinajstić information content (AvgIpc) is 3.18. The maximum Gasteiger partial charge on any atom is 0.136 e. The first-order chi connectivity index (χ1) is 16.2. The summed E-state index contributed by atoms with van der Waals surface area (Å²) in [5, 5.41) is 16.6. The van der Waals surface area contributed by atoms with Crippen LogP contribution in [0.2, 0.25) is 0 Å². The van der Waals surface area contributed by atoms with Gasteiger partial charge in [-0.15, -0.1) is 0 Å². The van der Waals surface area contributed by atoms with Crippen LogP contribution in [0, 0.1) is 0 Å². The van der Waals surface area contributed by atoms with Gasteiger partial charge >= 0.3 is 0 Å². The zero-order chi connectivity index (χ0) is 22.6. The van der Waals surface area contributed by atoms with E-state index >= 15 is 0 Å². The molecule has 1 aromatic heterocycles. The van der Waals surface area contributed by atoms with Gasteiger partial charge in [0.05, 0.1) is 6.61 Å². The molecule has 1 heterocycles. The topological polar surface area (TPSA) is 33.4 Å². The van der Waals surface area contributed by atoms with Gasteiger partial charge in [0.15, 0.2) is 0 Å².